The molecule has 162 valence electrons. The molecule has 2 aromatic rings. The van der Waals surface area contributed by atoms with Crippen LogP contribution in [0.1, 0.15) is 50.7 Å². The van der Waals surface area contributed by atoms with Gasteiger partial charge < -0.3 is 15.0 Å². The predicted octanol–water partition coefficient (Wildman–Crippen LogP) is 4.70. The lowest BCUT2D eigenvalue weighted by molar-refractivity contribution is -0.117. The summed E-state index contributed by atoms with van der Waals surface area (Å²) < 4.78 is 5.24. The summed E-state index contributed by atoms with van der Waals surface area (Å²) in [6.45, 7) is 12.7. The summed E-state index contributed by atoms with van der Waals surface area (Å²) in [5, 5.41) is 3.24. The molecule has 1 aliphatic rings. The normalized spacial score (nSPS) is 15.0. The Kier molecular flexibility index (Phi) is 7.38. The molecule has 3 rings (SSSR count). The van der Waals surface area contributed by atoms with Gasteiger partial charge >= 0.3 is 0 Å². The minimum atomic E-state index is 0.0721. The number of nitrogens with zero attached hydrogens (tertiary/aromatic N) is 2. The number of benzene rings is 2. The second kappa shape index (κ2) is 9.98. The van der Waals surface area contributed by atoms with Crippen molar-refractivity contribution in [2.24, 2.45) is 0 Å². The van der Waals surface area contributed by atoms with E-state index in [1.54, 1.807) is 7.11 Å². The number of anilines is 2. The van der Waals surface area contributed by atoms with E-state index in [1.165, 1.54) is 16.8 Å². The Bertz CT molecular complexity index is 812. The lowest BCUT2D eigenvalue weighted by Crippen LogP contribution is -2.48. The van der Waals surface area contributed by atoms with Crippen LogP contribution >= 0.6 is 0 Å². The van der Waals surface area contributed by atoms with Gasteiger partial charge in [0, 0.05) is 37.6 Å². The van der Waals surface area contributed by atoms with Crippen LogP contribution in [0, 0.1) is 0 Å². The van der Waals surface area contributed by atoms with Crippen LogP contribution < -0.4 is 15.0 Å². The van der Waals surface area contributed by atoms with Gasteiger partial charge in [0.05, 0.1) is 13.7 Å². The minimum Gasteiger partial charge on any atom is -0.497 e. The molecule has 0 aliphatic carbocycles. The van der Waals surface area contributed by atoms with Crippen LogP contribution in [0.5, 0.6) is 5.75 Å². The Hall–Kier alpha value is -2.53. The van der Waals surface area contributed by atoms with Crippen molar-refractivity contribution in [2.75, 3.05) is 50.1 Å². The number of piperazine rings is 1. The number of amides is 1. The number of carbonyl (C=O) groups is 1. The predicted molar refractivity (Wildman–Crippen MR) is 125 cm³/mol. The zero-order valence-electron chi connectivity index (χ0n) is 18.9. The second-order valence-electron chi connectivity index (χ2n) is 8.63. The van der Waals surface area contributed by atoms with Gasteiger partial charge in [0.1, 0.15) is 5.75 Å². The van der Waals surface area contributed by atoms with Gasteiger partial charge in [-0.15, -0.1) is 0 Å². The van der Waals surface area contributed by atoms with Crippen molar-refractivity contribution in [3.63, 3.8) is 0 Å². The van der Waals surface area contributed by atoms with Gasteiger partial charge in [-0.1, -0.05) is 45.9 Å². The summed E-state index contributed by atoms with van der Waals surface area (Å²) in [5.74, 6) is 1.68. The van der Waals surface area contributed by atoms with E-state index in [9.17, 15) is 4.79 Å². The largest absolute Gasteiger partial charge is 0.497 e. The molecule has 1 heterocycles. The van der Waals surface area contributed by atoms with E-state index in [-0.39, 0.29) is 5.91 Å². The number of methoxy groups -OCH3 is 1. The molecule has 0 radical (unpaired) electrons. The molecule has 0 aromatic heterocycles. The second-order valence-corrected chi connectivity index (χ2v) is 8.63. The molecule has 0 spiro atoms. The Labute approximate surface area is 181 Å². The highest BCUT2D eigenvalue weighted by Crippen LogP contribution is 2.32. The van der Waals surface area contributed by atoms with Crippen molar-refractivity contribution >= 4 is 17.3 Å². The third kappa shape index (κ3) is 5.33. The quantitative estimate of drug-likeness (QED) is 0.720. The van der Waals surface area contributed by atoms with E-state index < -0.39 is 0 Å². The van der Waals surface area contributed by atoms with Gasteiger partial charge in [0.2, 0.25) is 5.91 Å². The molecular weight excluding hydrogens is 374 g/mol. The summed E-state index contributed by atoms with van der Waals surface area (Å²) in [5.41, 5.74) is 4.62. The fraction of sp³-hybridized carbons (Fsp3) is 0.480. The Morgan fingerprint density at radius 2 is 1.50 bits per heavy atom. The van der Waals surface area contributed by atoms with Crippen molar-refractivity contribution in [3.8, 4) is 5.75 Å². The van der Waals surface area contributed by atoms with E-state index in [4.69, 9.17) is 4.74 Å². The Morgan fingerprint density at radius 3 is 2.00 bits per heavy atom. The zero-order valence-corrected chi connectivity index (χ0v) is 18.9. The molecule has 5 nitrogen and oxygen atoms in total. The molecule has 0 saturated carbocycles. The maximum Gasteiger partial charge on any atom is 0.238 e. The maximum absolute atomic E-state index is 12.9. The molecule has 1 fully saturated rings. The summed E-state index contributed by atoms with van der Waals surface area (Å²) in [7, 11) is 1.68. The van der Waals surface area contributed by atoms with E-state index in [2.05, 4.69) is 73.1 Å². The van der Waals surface area contributed by atoms with Crippen LogP contribution in [-0.2, 0) is 4.79 Å². The first-order valence-electron chi connectivity index (χ1n) is 10.9. The van der Waals surface area contributed by atoms with Gasteiger partial charge in [-0.2, -0.15) is 0 Å². The monoisotopic (exact) mass is 409 g/mol. The number of nitrogens with one attached hydrogen (secondary N) is 1. The average molecular weight is 410 g/mol. The first-order valence-corrected chi connectivity index (χ1v) is 10.9. The summed E-state index contributed by atoms with van der Waals surface area (Å²) >= 11 is 0. The van der Waals surface area contributed by atoms with Crippen molar-refractivity contribution in [3.05, 3.63) is 53.6 Å². The topological polar surface area (TPSA) is 44.8 Å². The molecule has 30 heavy (non-hydrogen) atoms. The number of hydrogen-bond donors (Lipinski definition) is 1. The van der Waals surface area contributed by atoms with Crippen LogP contribution in [0.3, 0.4) is 0 Å². The fourth-order valence-electron chi connectivity index (χ4n) is 4.03. The summed E-state index contributed by atoms with van der Waals surface area (Å²) in [6.07, 6.45) is 0. The first-order chi connectivity index (χ1) is 14.4. The molecule has 1 amide bonds. The van der Waals surface area contributed by atoms with Crippen LogP contribution in [0.15, 0.2) is 42.5 Å². The minimum absolute atomic E-state index is 0.0721. The lowest BCUT2D eigenvalue weighted by Gasteiger charge is -2.35. The number of para-hydroxylation sites is 1. The van der Waals surface area contributed by atoms with Crippen LogP contribution in [-0.4, -0.2) is 50.6 Å². The molecule has 5 heteroatoms. The maximum atomic E-state index is 12.9. The first kappa shape index (κ1) is 22.2. The van der Waals surface area contributed by atoms with Gasteiger partial charge in [-0.3, -0.25) is 9.69 Å². The highest BCUT2D eigenvalue weighted by Gasteiger charge is 2.21. The number of ether oxygens (including phenoxy) is 1. The van der Waals surface area contributed by atoms with Gasteiger partial charge in [0.25, 0.3) is 0 Å². The van der Waals surface area contributed by atoms with Gasteiger partial charge in [-0.25, -0.2) is 0 Å². The Morgan fingerprint density at radius 1 is 0.933 bits per heavy atom. The molecular formula is C25H35N3O2. The highest BCUT2D eigenvalue weighted by molar-refractivity contribution is 5.94. The van der Waals surface area contributed by atoms with Crippen molar-refractivity contribution in [1.82, 2.24) is 4.90 Å². The van der Waals surface area contributed by atoms with E-state index >= 15 is 0 Å². The Balaban J connectivity index is 1.59. The molecule has 2 aromatic carbocycles. The van der Waals surface area contributed by atoms with Crippen LogP contribution in [0.2, 0.25) is 0 Å². The van der Waals surface area contributed by atoms with Crippen LogP contribution in [0.25, 0.3) is 0 Å². The summed E-state index contributed by atoms with van der Waals surface area (Å²) in [6, 6.07) is 14.5. The fourth-order valence-corrected chi connectivity index (χ4v) is 4.03. The van der Waals surface area contributed by atoms with Crippen molar-refractivity contribution in [1.29, 1.82) is 0 Å². The van der Waals surface area contributed by atoms with Crippen LogP contribution in [0.4, 0.5) is 11.4 Å². The van der Waals surface area contributed by atoms with E-state index in [1.807, 2.05) is 12.1 Å². The van der Waals surface area contributed by atoms with Crippen molar-refractivity contribution in [2.45, 2.75) is 39.5 Å². The number of carbonyl (C=O) groups excluding carboxylic acids is 1. The SMILES string of the molecule is COc1ccc(N2CCN(CC(=O)Nc3c(C(C)C)cccc3C(C)C)CC2)cc1. The van der Waals surface area contributed by atoms with Crippen molar-refractivity contribution < 1.29 is 9.53 Å². The standard InChI is InChI=1S/C25H35N3O2/c1-18(2)22-7-6-8-23(19(3)4)25(22)26-24(29)17-27-13-15-28(16-14-27)20-9-11-21(30-5)12-10-20/h6-12,18-19H,13-17H2,1-5H3,(H,26,29). The zero-order chi connectivity index (χ0) is 21.7. The lowest BCUT2D eigenvalue weighted by atomic mass is 9.92. The van der Waals surface area contributed by atoms with E-state index in [0.29, 0.717) is 18.4 Å². The number of rotatable bonds is 7. The van der Waals surface area contributed by atoms with E-state index in [0.717, 1.165) is 37.6 Å². The van der Waals surface area contributed by atoms with Gasteiger partial charge in [-0.05, 0) is 47.2 Å². The number of hydrogen-bond acceptors (Lipinski definition) is 4. The molecule has 0 unspecified atom stereocenters. The molecule has 1 N–H and O–H groups in total. The third-order valence-corrected chi connectivity index (χ3v) is 5.81. The summed E-state index contributed by atoms with van der Waals surface area (Å²) in [4.78, 5) is 17.5. The molecule has 0 atom stereocenters. The van der Waals surface area contributed by atoms with Gasteiger partial charge in [0.15, 0.2) is 0 Å². The smallest absolute Gasteiger partial charge is 0.238 e. The average Bonchev–Trinajstić information content (AvgIpc) is 2.74. The third-order valence-electron chi connectivity index (χ3n) is 5.81. The molecule has 1 aliphatic heterocycles. The highest BCUT2D eigenvalue weighted by atomic mass is 16.5. The molecule has 1 saturated heterocycles. The molecule has 0 bridgehead atoms.